The minimum atomic E-state index is -0.484. The van der Waals surface area contributed by atoms with Gasteiger partial charge in [0, 0.05) is 0 Å². The van der Waals surface area contributed by atoms with Crippen molar-refractivity contribution in [1.29, 1.82) is 5.26 Å². The van der Waals surface area contributed by atoms with Gasteiger partial charge in [-0.1, -0.05) is 12.1 Å². The first kappa shape index (κ1) is 11.9. The third kappa shape index (κ3) is 2.02. The summed E-state index contributed by atoms with van der Waals surface area (Å²) in [6.07, 6.45) is 0. The van der Waals surface area contributed by atoms with E-state index in [1.54, 1.807) is 11.3 Å². The molecule has 1 aromatic carbocycles. The van der Waals surface area contributed by atoms with Crippen LogP contribution in [0.3, 0.4) is 0 Å². The maximum absolute atomic E-state index is 9.20. The summed E-state index contributed by atoms with van der Waals surface area (Å²) in [6.45, 7) is 3.84. The molecule has 0 unspecified atom stereocenters. The number of fused-ring (bicyclic) bond motifs is 1. The van der Waals surface area contributed by atoms with Gasteiger partial charge in [0.2, 0.25) is 0 Å². The van der Waals surface area contributed by atoms with E-state index in [1.807, 2.05) is 49.6 Å². The van der Waals surface area contributed by atoms with Gasteiger partial charge in [-0.25, -0.2) is 4.98 Å². The summed E-state index contributed by atoms with van der Waals surface area (Å²) in [7, 11) is 0. The van der Waals surface area contributed by atoms with E-state index in [2.05, 4.69) is 16.0 Å². The van der Waals surface area contributed by atoms with Crippen molar-refractivity contribution in [3.8, 4) is 16.8 Å². The second-order valence-electron chi connectivity index (χ2n) is 5.03. The monoisotopic (exact) mass is 267 g/mol. The van der Waals surface area contributed by atoms with Crippen molar-refractivity contribution in [3.63, 3.8) is 0 Å². The van der Waals surface area contributed by atoms with E-state index < -0.39 is 5.41 Å². The summed E-state index contributed by atoms with van der Waals surface area (Å²) in [5.74, 6) is 0.886. The number of aromatic nitrogens is 2. The lowest BCUT2D eigenvalue weighted by Gasteiger charge is -2.15. The van der Waals surface area contributed by atoms with Gasteiger partial charge in [0.15, 0.2) is 0 Å². The number of hydrogen-bond acceptors (Lipinski definition) is 3. The van der Waals surface area contributed by atoms with Crippen LogP contribution in [0.15, 0.2) is 35.7 Å². The fourth-order valence-corrected chi connectivity index (χ4v) is 2.66. The second kappa shape index (κ2) is 4.22. The van der Waals surface area contributed by atoms with Crippen LogP contribution in [0.5, 0.6) is 0 Å². The lowest BCUT2D eigenvalue weighted by Crippen LogP contribution is -2.13. The molecule has 19 heavy (non-hydrogen) atoms. The average Bonchev–Trinajstić information content (AvgIpc) is 3.06. The fraction of sp³-hybridized carbons (Fsp3) is 0.200. The lowest BCUT2D eigenvalue weighted by molar-refractivity contribution is 0.688. The van der Waals surface area contributed by atoms with Crippen LogP contribution in [-0.4, -0.2) is 9.97 Å². The molecule has 0 fully saturated rings. The van der Waals surface area contributed by atoms with Gasteiger partial charge in [0.05, 0.1) is 27.4 Å². The topological polar surface area (TPSA) is 52.5 Å². The molecule has 94 valence electrons. The molecule has 3 aromatic rings. The van der Waals surface area contributed by atoms with Crippen LogP contribution in [0.25, 0.3) is 21.7 Å². The summed E-state index contributed by atoms with van der Waals surface area (Å²) in [5, 5.41) is 11.2. The Morgan fingerprint density at radius 1 is 1.32 bits per heavy atom. The first-order chi connectivity index (χ1) is 9.10. The lowest BCUT2D eigenvalue weighted by atomic mass is 9.86. The predicted octanol–water partition coefficient (Wildman–Crippen LogP) is 4.09. The molecule has 0 aliphatic rings. The van der Waals surface area contributed by atoms with Crippen LogP contribution < -0.4 is 0 Å². The molecule has 0 bridgehead atoms. The molecule has 0 atom stereocenters. The van der Waals surface area contributed by atoms with E-state index in [4.69, 9.17) is 0 Å². The summed E-state index contributed by atoms with van der Waals surface area (Å²) in [6, 6.07) is 12.3. The molecule has 0 radical (unpaired) electrons. The van der Waals surface area contributed by atoms with Gasteiger partial charge < -0.3 is 4.98 Å². The standard InChI is InChI=1S/C15H13N3S/c1-15(2,9-16)10-5-6-11-12(8-10)18-14(17-11)13-4-3-7-19-13/h3-8H,1-2H3,(H,17,18). The molecule has 0 spiro atoms. The summed E-state index contributed by atoms with van der Waals surface area (Å²) >= 11 is 1.66. The number of hydrogen-bond donors (Lipinski definition) is 1. The molecule has 2 heterocycles. The molecule has 0 saturated carbocycles. The minimum Gasteiger partial charge on any atom is -0.337 e. The first-order valence-electron chi connectivity index (χ1n) is 6.05. The molecule has 3 rings (SSSR count). The van der Waals surface area contributed by atoms with Gasteiger partial charge in [-0.05, 0) is 43.0 Å². The normalized spacial score (nSPS) is 11.6. The van der Waals surface area contributed by atoms with Crippen molar-refractivity contribution in [1.82, 2.24) is 9.97 Å². The highest BCUT2D eigenvalue weighted by atomic mass is 32.1. The molecule has 2 aromatic heterocycles. The van der Waals surface area contributed by atoms with Crippen LogP contribution in [0, 0.1) is 11.3 Å². The molecule has 1 N–H and O–H groups in total. The van der Waals surface area contributed by atoms with Crippen molar-refractivity contribution >= 4 is 22.4 Å². The maximum atomic E-state index is 9.20. The van der Waals surface area contributed by atoms with E-state index in [-0.39, 0.29) is 0 Å². The summed E-state index contributed by atoms with van der Waals surface area (Å²) in [4.78, 5) is 9.02. The Labute approximate surface area is 115 Å². The number of rotatable bonds is 2. The van der Waals surface area contributed by atoms with E-state index in [1.165, 1.54) is 0 Å². The highest BCUT2D eigenvalue weighted by Crippen LogP contribution is 2.28. The SMILES string of the molecule is CC(C)(C#N)c1ccc2nc(-c3cccs3)[nH]c2c1. The first-order valence-corrected chi connectivity index (χ1v) is 6.93. The third-order valence-corrected chi connectivity index (χ3v) is 4.11. The van der Waals surface area contributed by atoms with Crippen molar-refractivity contribution in [3.05, 3.63) is 41.3 Å². The zero-order chi connectivity index (χ0) is 13.5. The second-order valence-corrected chi connectivity index (χ2v) is 5.98. The molecule has 4 heteroatoms. The van der Waals surface area contributed by atoms with Gasteiger partial charge in [-0.15, -0.1) is 11.3 Å². The van der Waals surface area contributed by atoms with Gasteiger partial charge >= 0.3 is 0 Å². The average molecular weight is 267 g/mol. The molecule has 3 nitrogen and oxygen atoms in total. The van der Waals surface area contributed by atoms with Crippen LogP contribution in [0.2, 0.25) is 0 Å². The van der Waals surface area contributed by atoms with Crippen molar-refractivity contribution < 1.29 is 0 Å². The quantitative estimate of drug-likeness (QED) is 0.760. The Morgan fingerprint density at radius 3 is 2.84 bits per heavy atom. The zero-order valence-electron chi connectivity index (χ0n) is 10.8. The number of H-pyrrole nitrogens is 1. The molecule has 0 aliphatic heterocycles. The van der Waals surface area contributed by atoms with Crippen LogP contribution in [0.1, 0.15) is 19.4 Å². The van der Waals surface area contributed by atoms with Gasteiger partial charge in [0.25, 0.3) is 0 Å². The highest BCUT2D eigenvalue weighted by molar-refractivity contribution is 7.13. The van der Waals surface area contributed by atoms with Gasteiger partial charge in [-0.3, -0.25) is 0 Å². The zero-order valence-corrected chi connectivity index (χ0v) is 11.6. The molecule has 0 saturated heterocycles. The third-order valence-electron chi connectivity index (χ3n) is 3.24. The molecular weight excluding hydrogens is 254 g/mol. The maximum Gasteiger partial charge on any atom is 0.148 e. The number of nitriles is 1. The number of imidazole rings is 1. The number of nitrogens with one attached hydrogen (secondary N) is 1. The summed E-state index contributed by atoms with van der Waals surface area (Å²) < 4.78 is 0. The Bertz CT molecular complexity index is 760. The van der Waals surface area contributed by atoms with Crippen LogP contribution in [0.4, 0.5) is 0 Å². The number of thiophene rings is 1. The highest BCUT2D eigenvalue weighted by Gasteiger charge is 2.20. The fourth-order valence-electron chi connectivity index (χ4n) is 1.99. The Hall–Kier alpha value is -2.12. The van der Waals surface area contributed by atoms with Gasteiger partial charge in [0.1, 0.15) is 5.82 Å². The Morgan fingerprint density at radius 2 is 2.16 bits per heavy atom. The number of aromatic amines is 1. The van der Waals surface area contributed by atoms with Crippen LogP contribution in [-0.2, 0) is 5.41 Å². The largest absolute Gasteiger partial charge is 0.337 e. The van der Waals surface area contributed by atoms with Crippen molar-refractivity contribution in [2.24, 2.45) is 0 Å². The molecular formula is C15H13N3S. The molecule has 0 amide bonds. The van der Waals surface area contributed by atoms with Crippen LogP contribution >= 0.6 is 11.3 Å². The van der Waals surface area contributed by atoms with Crippen molar-refractivity contribution in [2.45, 2.75) is 19.3 Å². The summed E-state index contributed by atoms with van der Waals surface area (Å²) in [5.41, 5.74) is 2.43. The van der Waals surface area contributed by atoms with Crippen molar-refractivity contribution in [2.75, 3.05) is 0 Å². The van der Waals surface area contributed by atoms with E-state index in [0.29, 0.717) is 0 Å². The van der Waals surface area contributed by atoms with Gasteiger partial charge in [-0.2, -0.15) is 5.26 Å². The van der Waals surface area contributed by atoms with E-state index >= 15 is 0 Å². The predicted molar refractivity (Wildman–Crippen MR) is 78.0 cm³/mol. The van der Waals surface area contributed by atoms with E-state index in [0.717, 1.165) is 27.3 Å². The Balaban J connectivity index is 2.13. The number of nitrogens with zero attached hydrogens (tertiary/aromatic N) is 2. The molecule has 0 aliphatic carbocycles. The minimum absolute atomic E-state index is 0.484. The smallest absolute Gasteiger partial charge is 0.148 e. The number of benzene rings is 1. The van der Waals surface area contributed by atoms with E-state index in [9.17, 15) is 5.26 Å². The Kier molecular flexibility index (Phi) is 2.65.